The molecule has 0 aliphatic carbocycles. The zero-order chi connectivity index (χ0) is 19.5. The third-order valence-corrected chi connectivity index (χ3v) is 4.26. The highest BCUT2D eigenvalue weighted by atomic mass is 16.1. The minimum Gasteiger partial charge on any atom is -0.348 e. The Morgan fingerprint density at radius 1 is 1.00 bits per heavy atom. The second-order valence-electron chi connectivity index (χ2n) is 6.17. The van der Waals surface area contributed by atoms with Crippen molar-refractivity contribution in [3.05, 3.63) is 77.4 Å². The molecule has 0 aliphatic rings. The molecule has 3 heterocycles. The highest BCUT2D eigenvalue weighted by molar-refractivity contribution is 6.07. The van der Waals surface area contributed by atoms with Gasteiger partial charge in [0.2, 0.25) is 0 Å². The maximum atomic E-state index is 12.6. The van der Waals surface area contributed by atoms with Gasteiger partial charge in [0.25, 0.3) is 0 Å². The number of para-hydroxylation sites is 1. The Balaban J connectivity index is 1.60. The molecular formula is C21H15N5O2. The number of benzene rings is 1. The van der Waals surface area contributed by atoms with Gasteiger partial charge in [0.15, 0.2) is 11.6 Å². The van der Waals surface area contributed by atoms with Gasteiger partial charge in [0, 0.05) is 18.0 Å². The van der Waals surface area contributed by atoms with Gasteiger partial charge in [0.05, 0.1) is 23.9 Å². The maximum absolute atomic E-state index is 12.6. The van der Waals surface area contributed by atoms with E-state index in [9.17, 15) is 9.59 Å². The van der Waals surface area contributed by atoms with E-state index >= 15 is 0 Å². The molecule has 4 rings (SSSR count). The summed E-state index contributed by atoms with van der Waals surface area (Å²) >= 11 is 0. The van der Waals surface area contributed by atoms with Crippen molar-refractivity contribution in [2.24, 2.45) is 0 Å². The standard InChI is InChI=1S/C21H15N5O2/c1-2-13-5-3-7-15(24-13)18(28)12-20-25-16-8-4-6-14(21(16)26-20)17(27)11-19-22-9-10-23-19/h1,3-10H,11-12H2,(H,22,23)(H,25,26). The number of ketones is 2. The molecular weight excluding hydrogens is 354 g/mol. The second kappa shape index (κ2) is 7.29. The molecule has 28 heavy (non-hydrogen) atoms. The molecule has 0 radical (unpaired) electrons. The van der Waals surface area contributed by atoms with Gasteiger partial charge < -0.3 is 9.97 Å². The van der Waals surface area contributed by atoms with E-state index in [1.165, 1.54) is 0 Å². The molecule has 0 bridgehead atoms. The average Bonchev–Trinajstić information content (AvgIpc) is 3.36. The number of Topliss-reactive ketones (excluding diaryl/α,β-unsaturated/α-hetero) is 2. The zero-order valence-electron chi connectivity index (χ0n) is 14.8. The van der Waals surface area contributed by atoms with E-state index in [0.717, 1.165) is 0 Å². The van der Waals surface area contributed by atoms with Crippen LogP contribution in [-0.2, 0) is 12.8 Å². The summed E-state index contributed by atoms with van der Waals surface area (Å²) in [6.45, 7) is 0. The Bertz CT molecular complexity index is 1220. The number of carbonyl (C=O) groups is 2. The number of nitrogens with one attached hydrogen (secondary N) is 2. The molecule has 2 N–H and O–H groups in total. The third-order valence-electron chi connectivity index (χ3n) is 4.26. The van der Waals surface area contributed by atoms with E-state index in [0.29, 0.717) is 33.9 Å². The first-order chi connectivity index (χ1) is 13.6. The van der Waals surface area contributed by atoms with Crippen molar-refractivity contribution in [1.82, 2.24) is 24.9 Å². The fourth-order valence-electron chi connectivity index (χ4n) is 2.95. The van der Waals surface area contributed by atoms with E-state index < -0.39 is 0 Å². The Morgan fingerprint density at radius 3 is 2.61 bits per heavy atom. The fraction of sp³-hybridized carbons (Fsp3) is 0.0952. The molecule has 7 nitrogen and oxygen atoms in total. The van der Waals surface area contributed by atoms with E-state index in [1.807, 2.05) is 6.07 Å². The SMILES string of the molecule is C#Cc1cccc(C(=O)Cc2nc3c(C(=O)Cc4ncc[nH]4)cccc3[nH]2)n1. The summed E-state index contributed by atoms with van der Waals surface area (Å²) in [5, 5.41) is 0. The number of hydrogen-bond donors (Lipinski definition) is 2. The summed E-state index contributed by atoms with van der Waals surface area (Å²) < 4.78 is 0. The van der Waals surface area contributed by atoms with Crippen LogP contribution in [0.3, 0.4) is 0 Å². The largest absolute Gasteiger partial charge is 0.348 e. The number of carbonyl (C=O) groups excluding carboxylic acids is 2. The van der Waals surface area contributed by atoms with E-state index in [4.69, 9.17) is 6.42 Å². The van der Waals surface area contributed by atoms with Crippen LogP contribution in [0.5, 0.6) is 0 Å². The molecule has 0 unspecified atom stereocenters. The molecule has 7 heteroatoms. The summed E-state index contributed by atoms with van der Waals surface area (Å²) in [4.78, 5) is 43.9. The van der Waals surface area contributed by atoms with Crippen molar-refractivity contribution in [3.8, 4) is 12.3 Å². The number of rotatable bonds is 6. The highest BCUT2D eigenvalue weighted by Crippen LogP contribution is 2.19. The van der Waals surface area contributed by atoms with Crippen LogP contribution in [0, 0.1) is 12.3 Å². The number of aromatic amines is 2. The summed E-state index contributed by atoms with van der Waals surface area (Å²) in [6.07, 6.45) is 8.79. The summed E-state index contributed by atoms with van der Waals surface area (Å²) in [6, 6.07) is 10.3. The van der Waals surface area contributed by atoms with Crippen LogP contribution < -0.4 is 0 Å². The zero-order valence-corrected chi connectivity index (χ0v) is 14.8. The van der Waals surface area contributed by atoms with Crippen molar-refractivity contribution < 1.29 is 9.59 Å². The van der Waals surface area contributed by atoms with Crippen molar-refractivity contribution in [2.75, 3.05) is 0 Å². The number of aromatic nitrogens is 5. The smallest absolute Gasteiger partial charge is 0.188 e. The van der Waals surface area contributed by atoms with Crippen LogP contribution >= 0.6 is 0 Å². The van der Waals surface area contributed by atoms with Crippen molar-refractivity contribution >= 4 is 22.6 Å². The topological polar surface area (TPSA) is 104 Å². The predicted octanol–water partition coefficient (Wildman–Crippen LogP) is 2.51. The number of terminal acetylenes is 1. The quantitative estimate of drug-likeness (QED) is 0.401. The van der Waals surface area contributed by atoms with Crippen LogP contribution in [0.2, 0.25) is 0 Å². The molecule has 0 amide bonds. The Kier molecular flexibility index (Phi) is 4.52. The molecule has 0 fully saturated rings. The van der Waals surface area contributed by atoms with Crippen molar-refractivity contribution in [3.63, 3.8) is 0 Å². The molecule has 1 aromatic carbocycles. The summed E-state index contributed by atoms with van der Waals surface area (Å²) in [5.41, 5.74) is 2.40. The van der Waals surface area contributed by atoms with E-state index in [-0.39, 0.29) is 30.1 Å². The van der Waals surface area contributed by atoms with Gasteiger partial charge >= 0.3 is 0 Å². The first-order valence-electron chi connectivity index (χ1n) is 8.60. The molecule has 0 spiro atoms. The fourth-order valence-corrected chi connectivity index (χ4v) is 2.95. The van der Waals surface area contributed by atoms with Gasteiger partial charge in [-0.3, -0.25) is 9.59 Å². The van der Waals surface area contributed by atoms with Gasteiger partial charge in [-0.15, -0.1) is 6.42 Å². The van der Waals surface area contributed by atoms with E-state index in [2.05, 4.69) is 30.8 Å². The molecule has 3 aromatic heterocycles. The minimum absolute atomic E-state index is 0.0293. The number of H-pyrrole nitrogens is 2. The van der Waals surface area contributed by atoms with Crippen LogP contribution in [0.15, 0.2) is 48.8 Å². The Hall–Kier alpha value is -4.05. The lowest BCUT2D eigenvalue weighted by molar-refractivity contribution is 0.0981. The van der Waals surface area contributed by atoms with Crippen LogP contribution in [0.4, 0.5) is 0 Å². The molecule has 0 aliphatic heterocycles. The highest BCUT2D eigenvalue weighted by Gasteiger charge is 2.17. The lowest BCUT2D eigenvalue weighted by Gasteiger charge is -2.00. The predicted molar refractivity (Wildman–Crippen MR) is 103 cm³/mol. The van der Waals surface area contributed by atoms with Crippen LogP contribution in [-0.4, -0.2) is 36.5 Å². The van der Waals surface area contributed by atoms with Gasteiger partial charge in [-0.1, -0.05) is 18.1 Å². The first kappa shape index (κ1) is 17.4. The lowest BCUT2D eigenvalue weighted by atomic mass is 10.1. The van der Waals surface area contributed by atoms with Gasteiger partial charge in [0.1, 0.15) is 23.0 Å². The minimum atomic E-state index is -0.209. The number of hydrogen-bond acceptors (Lipinski definition) is 5. The van der Waals surface area contributed by atoms with Crippen LogP contribution in [0.1, 0.15) is 38.2 Å². The number of fused-ring (bicyclic) bond motifs is 1. The average molecular weight is 369 g/mol. The normalized spacial score (nSPS) is 10.7. The van der Waals surface area contributed by atoms with Crippen molar-refractivity contribution in [1.29, 1.82) is 0 Å². The maximum Gasteiger partial charge on any atom is 0.188 e. The number of pyridine rings is 1. The van der Waals surface area contributed by atoms with Crippen LogP contribution in [0.25, 0.3) is 11.0 Å². The molecule has 4 aromatic rings. The summed E-state index contributed by atoms with van der Waals surface area (Å²) in [7, 11) is 0. The number of nitrogens with zero attached hydrogens (tertiary/aromatic N) is 3. The summed E-state index contributed by atoms with van der Waals surface area (Å²) in [5.74, 6) is 3.16. The Labute approximate surface area is 160 Å². The van der Waals surface area contributed by atoms with Gasteiger partial charge in [-0.25, -0.2) is 15.0 Å². The Morgan fingerprint density at radius 2 is 1.82 bits per heavy atom. The van der Waals surface area contributed by atoms with E-state index in [1.54, 1.807) is 42.7 Å². The third kappa shape index (κ3) is 3.44. The second-order valence-corrected chi connectivity index (χ2v) is 6.17. The molecule has 136 valence electrons. The van der Waals surface area contributed by atoms with Crippen molar-refractivity contribution in [2.45, 2.75) is 12.8 Å². The van der Waals surface area contributed by atoms with Gasteiger partial charge in [-0.2, -0.15) is 0 Å². The molecule has 0 saturated heterocycles. The lowest BCUT2D eigenvalue weighted by Crippen LogP contribution is -2.08. The van der Waals surface area contributed by atoms with Gasteiger partial charge in [-0.05, 0) is 24.3 Å². The molecule has 0 saturated carbocycles. The number of imidazole rings is 2. The first-order valence-corrected chi connectivity index (χ1v) is 8.60. The molecule has 0 atom stereocenters. The monoisotopic (exact) mass is 369 g/mol.